The molecule has 2 aromatic carbocycles. The molecule has 0 aliphatic heterocycles. The van der Waals surface area contributed by atoms with Gasteiger partial charge in [-0.3, -0.25) is 4.79 Å². The van der Waals surface area contributed by atoms with E-state index in [1.54, 1.807) is 31.5 Å². The number of carboxylic acids is 1. The predicted octanol–water partition coefficient (Wildman–Crippen LogP) is 4.67. The summed E-state index contributed by atoms with van der Waals surface area (Å²) in [6.07, 6.45) is 3.30. The Hall–Kier alpha value is -2.84. The number of hydrogen-bond donors (Lipinski definition) is 2. The number of methoxy groups -OCH3 is 1. The van der Waals surface area contributed by atoms with Crippen LogP contribution >= 0.6 is 23.1 Å². The zero-order valence-corrected chi connectivity index (χ0v) is 17.2. The molecule has 148 valence electrons. The topological polar surface area (TPSA) is 88.5 Å². The first-order chi connectivity index (χ1) is 14.0. The fourth-order valence-electron chi connectivity index (χ4n) is 3.07. The van der Waals surface area contributed by atoms with E-state index < -0.39 is 11.4 Å². The minimum absolute atomic E-state index is 0.0542. The predicted molar refractivity (Wildman–Crippen MR) is 112 cm³/mol. The second kappa shape index (κ2) is 7.88. The summed E-state index contributed by atoms with van der Waals surface area (Å²) in [6, 6.07) is 14.3. The minimum atomic E-state index is -0.960. The number of thiazole rings is 1. The van der Waals surface area contributed by atoms with Gasteiger partial charge in [0.15, 0.2) is 5.13 Å². The molecule has 8 heteroatoms. The van der Waals surface area contributed by atoms with Crippen molar-refractivity contribution < 1.29 is 19.4 Å². The van der Waals surface area contributed by atoms with Crippen molar-refractivity contribution in [2.45, 2.75) is 27.4 Å². The average Bonchev–Trinajstić information content (AvgIpc) is 3.44. The van der Waals surface area contributed by atoms with Gasteiger partial charge in [0.05, 0.1) is 28.5 Å². The summed E-state index contributed by atoms with van der Waals surface area (Å²) in [6.45, 7) is 0. The van der Waals surface area contributed by atoms with Gasteiger partial charge in [0.25, 0.3) is 0 Å². The number of amides is 1. The van der Waals surface area contributed by atoms with Gasteiger partial charge in [-0.05, 0) is 48.7 Å². The molecule has 6 nitrogen and oxygen atoms in total. The molecule has 0 bridgehead atoms. The average molecular weight is 427 g/mol. The number of carbonyl (C=O) groups is 2. The molecule has 0 unspecified atom stereocenters. The van der Waals surface area contributed by atoms with Gasteiger partial charge in [-0.25, -0.2) is 9.78 Å². The first-order valence-corrected chi connectivity index (χ1v) is 10.6. The van der Waals surface area contributed by atoms with Crippen LogP contribution in [0.1, 0.15) is 28.8 Å². The normalized spacial score (nSPS) is 14.2. The summed E-state index contributed by atoms with van der Waals surface area (Å²) in [4.78, 5) is 29.1. The summed E-state index contributed by atoms with van der Waals surface area (Å²) < 4.78 is 6.06. The largest absolute Gasteiger partial charge is 0.497 e. The molecule has 0 atom stereocenters. The van der Waals surface area contributed by atoms with Crippen LogP contribution in [0.3, 0.4) is 0 Å². The fraction of sp³-hybridized carbons (Fsp3) is 0.190. The van der Waals surface area contributed by atoms with Crippen LogP contribution in [0, 0.1) is 0 Å². The molecule has 4 rings (SSSR count). The van der Waals surface area contributed by atoms with Crippen molar-refractivity contribution in [2.24, 2.45) is 0 Å². The molecule has 29 heavy (non-hydrogen) atoms. The van der Waals surface area contributed by atoms with Crippen LogP contribution in [0.2, 0.25) is 0 Å². The standard InChI is InChI=1S/C21H18N2O4S2/c1-27-15-7-5-14(6-8-15)21(9-10-21)19(26)23-20-22-12-17(29-20)28-16-4-2-3-13(11-16)18(24)25/h2-8,11-12H,9-10H2,1H3,(H,24,25)(H,22,23,26). The number of anilines is 1. The summed E-state index contributed by atoms with van der Waals surface area (Å²) in [5.74, 6) is -0.252. The third-order valence-electron chi connectivity index (χ3n) is 4.83. The molecule has 1 amide bonds. The Bertz CT molecular complexity index is 1060. The zero-order chi connectivity index (χ0) is 20.4. The van der Waals surface area contributed by atoms with Crippen LogP contribution in [0.25, 0.3) is 0 Å². The summed E-state index contributed by atoms with van der Waals surface area (Å²) >= 11 is 2.79. The van der Waals surface area contributed by atoms with E-state index in [2.05, 4.69) is 10.3 Å². The van der Waals surface area contributed by atoms with Crippen molar-refractivity contribution in [3.8, 4) is 5.75 Å². The molecular weight excluding hydrogens is 408 g/mol. The van der Waals surface area contributed by atoms with Crippen molar-refractivity contribution in [1.82, 2.24) is 4.98 Å². The number of benzene rings is 2. The van der Waals surface area contributed by atoms with Crippen LogP contribution in [-0.2, 0) is 10.2 Å². The van der Waals surface area contributed by atoms with Gasteiger partial charge in [-0.2, -0.15) is 0 Å². The number of carbonyl (C=O) groups excluding carboxylic acids is 1. The van der Waals surface area contributed by atoms with Gasteiger partial charge in [-0.15, -0.1) is 0 Å². The van der Waals surface area contributed by atoms with Crippen LogP contribution in [0.5, 0.6) is 5.75 Å². The number of aromatic nitrogens is 1. The van der Waals surface area contributed by atoms with Crippen LogP contribution in [0.15, 0.2) is 63.8 Å². The van der Waals surface area contributed by atoms with E-state index in [1.807, 2.05) is 30.3 Å². The Morgan fingerprint density at radius 3 is 2.62 bits per heavy atom. The lowest BCUT2D eigenvalue weighted by Gasteiger charge is -2.15. The summed E-state index contributed by atoms with van der Waals surface area (Å²) in [5, 5.41) is 12.6. The third kappa shape index (κ3) is 4.13. The number of aromatic carboxylic acids is 1. The lowest BCUT2D eigenvalue weighted by Crippen LogP contribution is -2.27. The van der Waals surface area contributed by atoms with E-state index in [-0.39, 0.29) is 11.5 Å². The molecule has 0 saturated heterocycles. The Morgan fingerprint density at radius 2 is 1.97 bits per heavy atom. The Kier molecular flexibility index (Phi) is 5.29. The van der Waals surface area contributed by atoms with Gasteiger partial charge in [-0.1, -0.05) is 41.3 Å². The van der Waals surface area contributed by atoms with Crippen LogP contribution in [-0.4, -0.2) is 29.1 Å². The number of ether oxygens (including phenoxy) is 1. The van der Waals surface area contributed by atoms with Gasteiger partial charge in [0, 0.05) is 4.90 Å². The van der Waals surface area contributed by atoms with E-state index in [1.165, 1.54) is 23.1 Å². The molecule has 0 radical (unpaired) electrons. The zero-order valence-electron chi connectivity index (χ0n) is 15.5. The van der Waals surface area contributed by atoms with Gasteiger partial charge < -0.3 is 15.2 Å². The first kappa shape index (κ1) is 19.5. The lowest BCUT2D eigenvalue weighted by molar-refractivity contribution is -0.118. The maximum absolute atomic E-state index is 12.9. The smallest absolute Gasteiger partial charge is 0.335 e. The van der Waals surface area contributed by atoms with Crippen molar-refractivity contribution in [3.63, 3.8) is 0 Å². The first-order valence-electron chi connectivity index (χ1n) is 8.93. The highest BCUT2D eigenvalue weighted by Crippen LogP contribution is 2.49. The highest BCUT2D eigenvalue weighted by molar-refractivity contribution is 8.01. The molecular formula is C21H18N2O4S2. The summed E-state index contributed by atoms with van der Waals surface area (Å²) in [5.41, 5.74) is 0.719. The monoisotopic (exact) mass is 426 g/mol. The quantitative estimate of drug-likeness (QED) is 0.571. The number of carboxylic acid groups (broad SMARTS) is 1. The SMILES string of the molecule is COc1ccc(C2(C(=O)Nc3ncc(Sc4cccc(C(=O)O)c4)s3)CC2)cc1. The van der Waals surface area contributed by atoms with E-state index >= 15 is 0 Å². The molecule has 2 N–H and O–H groups in total. The van der Waals surface area contributed by atoms with Crippen molar-refractivity contribution >= 4 is 40.1 Å². The van der Waals surface area contributed by atoms with Crippen LogP contribution in [0.4, 0.5) is 5.13 Å². The molecule has 1 aliphatic carbocycles. The third-order valence-corrected chi connectivity index (χ3v) is 6.84. The Balaban J connectivity index is 1.44. The second-order valence-electron chi connectivity index (χ2n) is 6.68. The summed E-state index contributed by atoms with van der Waals surface area (Å²) in [7, 11) is 1.62. The van der Waals surface area contributed by atoms with Crippen molar-refractivity contribution in [3.05, 3.63) is 65.9 Å². The lowest BCUT2D eigenvalue weighted by atomic mass is 9.95. The van der Waals surface area contributed by atoms with E-state index in [0.717, 1.165) is 33.3 Å². The van der Waals surface area contributed by atoms with E-state index in [4.69, 9.17) is 9.84 Å². The second-order valence-corrected chi connectivity index (χ2v) is 9.09. The molecule has 1 aliphatic rings. The number of nitrogens with zero attached hydrogens (tertiary/aromatic N) is 1. The van der Waals surface area contributed by atoms with Crippen molar-refractivity contribution in [2.75, 3.05) is 12.4 Å². The van der Waals surface area contributed by atoms with Gasteiger partial charge >= 0.3 is 5.97 Å². The molecule has 3 aromatic rings. The van der Waals surface area contributed by atoms with E-state index in [9.17, 15) is 9.59 Å². The number of rotatable bonds is 7. The molecule has 1 fully saturated rings. The van der Waals surface area contributed by atoms with Crippen molar-refractivity contribution in [1.29, 1.82) is 0 Å². The maximum Gasteiger partial charge on any atom is 0.335 e. The van der Waals surface area contributed by atoms with Gasteiger partial charge in [0.1, 0.15) is 5.75 Å². The van der Waals surface area contributed by atoms with Gasteiger partial charge in [0.2, 0.25) is 5.91 Å². The van der Waals surface area contributed by atoms with Crippen LogP contribution < -0.4 is 10.1 Å². The highest BCUT2D eigenvalue weighted by atomic mass is 32.2. The Labute approximate surface area is 175 Å². The maximum atomic E-state index is 12.9. The molecule has 1 aromatic heterocycles. The molecule has 0 spiro atoms. The fourth-order valence-corrected chi connectivity index (χ4v) is 4.98. The number of hydrogen-bond acceptors (Lipinski definition) is 6. The molecule has 1 saturated carbocycles. The minimum Gasteiger partial charge on any atom is -0.497 e. The Morgan fingerprint density at radius 1 is 1.21 bits per heavy atom. The highest BCUT2D eigenvalue weighted by Gasteiger charge is 2.51. The number of nitrogens with one attached hydrogen (secondary N) is 1. The van der Waals surface area contributed by atoms with E-state index in [0.29, 0.717) is 5.13 Å². The molecule has 1 heterocycles.